The second-order valence-electron chi connectivity index (χ2n) is 6.16. The molecular weight excluding hydrogens is 318 g/mol. The molecule has 1 aromatic heterocycles. The van der Waals surface area contributed by atoms with Crippen LogP contribution >= 0.6 is 0 Å². The number of amides is 1. The number of nitriles is 1. The molecule has 1 amide bonds. The van der Waals surface area contributed by atoms with E-state index < -0.39 is 5.41 Å². The van der Waals surface area contributed by atoms with E-state index in [1.807, 2.05) is 18.2 Å². The van der Waals surface area contributed by atoms with Crippen molar-refractivity contribution in [2.75, 3.05) is 10.6 Å². The summed E-state index contributed by atoms with van der Waals surface area (Å²) in [6, 6.07) is 9.37. The highest BCUT2D eigenvalue weighted by Crippen LogP contribution is 2.52. The summed E-state index contributed by atoms with van der Waals surface area (Å²) >= 11 is 0. The number of carbonyl (C=O) groups excluding carboxylic acids is 1. The number of oxazole rings is 1. The van der Waals surface area contributed by atoms with E-state index in [2.05, 4.69) is 28.6 Å². The minimum absolute atomic E-state index is 0.111. The van der Waals surface area contributed by atoms with Crippen LogP contribution in [0.25, 0.3) is 0 Å². The maximum atomic E-state index is 13.0. The topological polar surface area (TPSA) is 117 Å². The van der Waals surface area contributed by atoms with Gasteiger partial charge in [-0.2, -0.15) is 5.26 Å². The van der Waals surface area contributed by atoms with Crippen LogP contribution in [0.4, 0.5) is 11.6 Å². The first-order valence-electron chi connectivity index (χ1n) is 8.21. The fraction of sp³-hybridized carbons (Fsp3) is 0.278. The first-order valence-corrected chi connectivity index (χ1v) is 8.21. The molecule has 0 aliphatic carbocycles. The van der Waals surface area contributed by atoms with Crippen molar-refractivity contribution < 1.29 is 9.21 Å². The van der Waals surface area contributed by atoms with Crippen LogP contribution in [0, 0.1) is 11.3 Å². The number of aromatic nitrogens is 1. The van der Waals surface area contributed by atoms with Gasteiger partial charge in [-0.05, 0) is 12.5 Å². The van der Waals surface area contributed by atoms with Gasteiger partial charge in [-0.3, -0.25) is 4.79 Å². The van der Waals surface area contributed by atoms with Crippen LogP contribution in [-0.2, 0) is 16.6 Å². The molecule has 3 heterocycles. The fourth-order valence-electron chi connectivity index (χ4n) is 3.53. The van der Waals surface area contributed by atoms with Crippen LogP contribution in [0.15, 0.2) is 40.1 Å². The van der Waals surface area contributed by atoms with E-state index in [0.29, 0.717) is 35.1 Å². The molecule has 1 aromatic carbocycles. The highest BCUT2D eigenvalue weighted by Gasteiger charge is 2.58. The van der Waals surface area contributed by atoms with Crippen molar-refractivity contribution in [2.24, 2.45) is 5.73 Å². The number of nitrogens with two attached hydrogens (primary N) is 1. The van der Waals surface area contributed by atoms with Crippen molar-refractivity contribution in [3.05, 3.63) is 52.8 Å². The summed E-state index contributed by atoms with van der Waals surface area (Å²) in [7, 11) is 0. The van der Waals surface area contributed by atoms with Crippen molar-refractivity contribution in [1.29, 1.82) is 5.26 Å². The minimum atomic E-state index is -1.37. The van der Waals surface area contributed by atoms with Gasteiger partial charge in [0.1, 0.15) is 17.6 Å². The lowest BCUT2D eigenvalue weighted by molar-refractivity contribution is -0.118. The minimum Gasteiger partial charge on any atom is -0.425 e. The molecule has 0 unspecified atom stereocenters. The Labute approximate surface area is 144 Å². The number of carbonyl (C=O) groups is 1. The molecule has 2 aromatic rings. The average molecular weight is 335 g/mol. The lowest BCUT2D eigenvalue weighted by atomic mass is 9.71. The highest BCUT2D eigenvalue weighted by atomic mass is 16.4. The maximum Gasteiger partial charge on any atom is 0.246 e. The number of aryl methyl sites for hydroxylation is 1. The number of hydrogen-bond donors (Lipinski definition) is 3. The second kappa shape index (κ2) is 5.38. The molecule has 0 saturated carbocycles. The Bertz CT molecular complexity index is 953. The Morgan fingerprint density at radius 1 is 1.36 bits per heavy atom. The zero-order valence-electron chi connectivity index (χ0n) is 13.7. The van der Waals surface area contributed by atoms with E-state index in [9.17, 15) is 10.1 Å². The van der Waals surface area contributed by atoms with Gasteiger partial charge in [-0.1, -0.05) is 31.5 Å². The normalized spacial score (nSPS) is 20.7. The number of nitrogens with zero attached hydrogens (tertiary/aromatic N) is 2. The quantitative estimate of drug-likeness (QED) is 0.793. The van der Waals surface area contributed by atoms with E-state index in [1.54, 1.807) is 6.07 Å². The lowest BCUT2D eigenvalue weighted by Gasteiger charge is -2.30. The molecule has 0 saturated heterocycles. The van der Waals surface area contributed by atoms with Crippen LogP contribution < -0.4 is 16.4 Å². The predicted molar refractivity (Wildman–Crippen MR) is 91.4 cm³/mol. The molecule has 7 heteroatoms. The smallest absolute Gasteiger partial charge is 0.246 e. The predicted octanol–water partition coefficient (Wildman–Crippen LogP) is 2.37. The Hall–Kier alpha value is -3.27. The molecule has 1 atom stereocenters. The number of para-hydroxylation sites is 1. The third-order valence-corrected chi connectivity index (χ3v) is 4.70. The van der Waals surface area contributed by atoms with Crippen molar-refractivity contribution in [1.82, 2.24) is 4.98 Å². The van der Waals surface area contributed by atoms with Gasteiger partial charge in [0.25, 0.3) is 0 Å². The van der Waals surface area contributed by atoms with Crippen LogP contribution in [0.5, 0.6) is 0 Å². The van der Waals surface area contributed by atoms with E-state index in [1.165, 1.54) is 0 Å². The van der Waals surface area contributed by atoms with Crippen LogP contribution in [0.2, 0.25) is 0 Å². The van der Waals surface area contributed by atoms with Crippen LogP contribution in [0.3, 0.4) is 0 Å². The van der Waals surface area contributed by atoms with E-state index in [0.717, 1.165) is 12.8 Å². The van der Waals surface area contributed by atoms with Gasteiger partial charge in [0.2, 0.25) is 11.8 Å². The van der Waals surface area contributed by atoms with Crippen molar-refractivity contribution in [3.63, 3.8) is 0 Å². The van der Waals surface area contributed by atoms with Crippen molar-refractivity contribution in [2.45, 2.75) is 31.6 Å². The maximum absolute atomic E-state index is 13.0. The number of hydrogen-bond acceptors (Lipinski definition) is 6. The van der Waals surface area contributed by atoms with Gasteiger partial charge < -0.3 is 20.8 Å². The largest absolute Gasteiger partial charge is 0.425 e. The third kappa shape index (κ3) is 1.91. The zero-order chi connectivity index (χ0) is 17.6. The molecule has 4 N–H and O–H groups in total. The molecule has 4 rings (SSSR count). The molecule has 126 valence electrons. The summed E-state index contributed by atoms with van der Waals surface area (Å²) in [4.78, 5) is 17.6. The van der Waals surface area contributed by atoms with Gasteiger partial charge in [-0.15, -0.1) is 0 Å². The highest BCUT2D eigenvalue weighted by molar-refractivity contribution is 6.12. The summed E-state index contributed by atoms with van der Waals surface area (Å²) in [5.41, 5.74) is 6.54. The number of rotatable bonds is 3. The molecule has 2 aliphatic heterocycles. The summed E-state index contributed by atoms with van der Waals surface area (Å²) in [6.07, 6.45) is 2.58. The van der Waals surface area contributed by atoms with E-state index in [4.69, 9.17) is 10.2 Å². The van der Waals surface area contributed by atoms with Gasteiger partial charge in [0.05, 0.1) is 5.57 Å². The Morgan fingerprint density at radius 3 is 2.92 bits per heavy atom. The monoisotopic (exact) mass is 335 g/mol. The fourth-order valence-corrected chi connectivity index (χ4v) is 3.53. The van der Waals surface area contributed by atoms with Crippen molar-refractivity contribution >= 4 is 17.5 Å². The number of fused-ring (bicyclic) bond motifs is 4. The van der Waals surface area contributed by atoms with Crippen LogP contribution in [0.1, 0.15) is 36.9 Å². The average Bonchev–Trinajstić information content (AvgIpc) is 3.13. The van der Waals surface area contributed by atoms with Gasteiger partial charge >= 0.3 is 0 Å². The number of unbranched alkanes of at least 4 members (excludes halogenated alkanes) is 1. The Morgan fingerprint density at radius 2 is 2.16 bits per heavy atom. The third-order valence-electron chi connectivity index (χ3n) is 4.70. The second-order valence-corrected chi connectivity index (χ2v) is 6.16. The standard InChI is InChI=1S/C18H17N5O2/c1-2-3-8-13-22-14-16(25-13)23-15(20)11(9-19)18(14)10-6-4-5-7-12(10)21-17(18)24/h4-7,23H,2-3,8,20H2,1H3,(H,21,24)/t18-/m1/s1. The number of nitrogens with one attached hydrogen (secondary N) is 2. The zero-order valence-corrected chi connectivity index (χ0v) is 13.7. The van der Waals surface area contributed by atoms with E-state index >= 15 is 0 Å². The Kier molecular flexibility index (Phi) is 3.29. The first-order chi connectivity index (χ1) is 12.1. The van der Waals surface area contributed by atoms with Gasteiger partial charge in [-0.25, -0.2) is 4.98 Å². The summed E-state index contributed by atoms with van der Waals surface area (Å²) in [5.74, 6) is 0.628. The summed E-state index contributed by atoms with van der Waals surface area (Å²) in [6.45, 7) is 2.08. The molecule has 25 heavy (non-hydrogen) atoms. The molecule has 7 nitrogen and oxygen atoms in total. The molecule has 0 radical (unpaired) electrons. The van der Waals surface area contributed by atoms with Gasteiger partial charge in [0, 0.05) is 17.7 Å². The Balaban J connectivity index is 1.99. The molecular formula is C18H17N5O2. The summed E-state index contributed by atoms with van der Waals surface area (Å²) in [5, 5.41) is 15.5. The van der Waals surface area contributed by atoms with E-state index in [-0.39, 0.29) is 17.3 Å². The lowest BCUT2D eigenvalue weighted by Crippen LogP contribution is -2.43. The van der Waals surface area contributed by atoms with Gasteiger partial charge in [0.15, 0.2) is 11.3 Å². The molecule has 1 spiro atoms. The molecule has 0 fully saturated rings. The van der Waals surface area contributed by atoms with Crippen LogP contribution in [-0.4, -0.2) is 10.9 Å². The number of benzene rings is 1. The first kappa shape index (κ1) is 15.3. The SMILES string of the molecule is CCCCc1nc2c(o1)NC(N)=C(C#N)[C@@]21C(=O)Nc2ccccc21. The molecule has 2 aliphatic rings. The number of anilines is 2. The molecule has 0 bridgehead atoms. The van der Waals surface area contributed by atoms with Crippen molar-refractivity contribution in [3.8, 4) is 6.07 Å². The summed E-state index contributed by atoms with van der Waals surface area (Å²) < 4.78 is 5.80.